The number of hydrogen-bond acceptors (Lipinski definition) is 17. The molecule has 16 aromatic rings. The smallest absolute Gasteiger partial charge is 0.416 e. The molecule has 146 heavy (non-hydrogen) atoms. The Hall–Kier alpha value is -13.7. The normalized spacial score (nSPS) is 17.6. The van der Waals surface area contributed by atoms with Gasteiger partial charge in [-0.25, -0.2) is 36.4 Å². The van der Waals surface area contributed by atoms with Crippen LogP contribution in [-0.4, -0.2) is 199 Å². The van der Waals surface area contributed by atoms with E-state index >= 15 is 0 Å². The fraction of sp³-hybridized carbons (Fsp3) is 0.227. The van der Waals surface area contributed by atoms with Crippen molar-refractivity contribution in [2.24, 2.45) is 0 Å². The Morgan fingerprint density at radius 3 is 1.01 bits per heavy atom. The minimum Gasteiger partial charge on any atom is -0.497 e. The van der Waals surface area contributed by atoms with Gasteiger partial charge in [0.05, 0.1) is 51.6 Å². The fourth-order valence-electron chi connectivity index (χ4n) is 19.4. The summed E-state index contributed by atoms with van der Waals surface area (Å²) >= 11 is 37.1. The summed E-state index contributed by atoms with van der Waals surface area (Å²) in [5.41, 5.74) is 15.8. The molecule has 23 rings (SSSR count). The quantitative estimate of drug-likeness (QED) is 0.0529. The summed E-state index contributed by atoms with van der Waals surface area (Å²) in [6.07, 6.45) is 0.766. The van der Waals surface area contributed by atoms with Crippen LogP contribution in [0.25, 0.3) is 43.6 Å². The van der Waals surface area contributed by atoms with Crippen molar-refractivity contribution >= 4 is 159 Å². The highest BCUT2D eigenvalue weighted by Crippen LogP contribution is 2.47. The summed E-state index contributed by atoms with van der Waals surface area (Å²) in [6.45, 7) is 7.52. The zero-order valence-electron chi connectivity index (χ0n) is 78.4. The van der Waals surface area contributed by atoms with Crippen LogP contribution in [0.1, 0.15) is 91.5 Å². The second kappa shape index (κ2) is 43.9. The standard InChI is InChI=1S/C30H28Cl2N4O4.C29H28ClN3O6S.C27H22Cl2N2O4.C24H17ClF2N2O2/c31-20-3-8-23(9-4-20)40-30(38)36-12-11-24-25-17-21(32)5-10-26(25)34-28(24)29(36)19-1-6-22(7-2-19)33-27(37)18-35-13-15-39-16-14-35;1-37-21-5-7-22(8-6-21)39-29(34)33-13-12-24-25-18-20(30)4-11-26(25)31-27(24)28(33)19-2-9-23(10-3-19)40(35,36)32-14-16-38-17-15-32;28-17-3-8-20(9-4-17)35-27(32)31-12-11-22-23-13-18(29)5-10-24(23)30-25(22)26(31)16-1-6-19(7-2-16)33-14-21-15-34-21;25-15-3-10-21-20(13-15)19-11-12-29(24(30)31-18-8-6-17(27)7-9-18)23(22(19)28-21)14-1-4-16(26)5-2-14/h1-10,17,29,34H,11-16,18H2,(H,33,37);2-11,18,28,31H,12-17H2,1H3;1-10,13,21,26,30H,11-12,14-15H2;1-10,13,23,28H,11-12H2. The molecule has 4 aromatic heterocycles. The van der Waals surface area contributed by atoms with Crippen molar-refractivity contribution in [2.45, 2.75) is 60.9 Å². The summed E-state index contributed by atoms with van der Waals surface area (Å²) in [4.78, 5) is 89.0. The van der Waals surface area contributed by atoms with Gasteiger partial charge in [-0.15, -0.1) is 0 Å². The number of ether oxygens (including phenoxy) is 9. The summed E-state index contributed by atoms with van der Waals surface area (Å²) in [7, 11) is -2.08. The monoisotopic (exact) mass is 2110 g/mol. The van der Waals surface area contributed by atoms with Gasteiger partial charge in [-0.05, 0) is 289 Å². The number of nitrogens with one attached hydrogen (secondary N) is 5. The Morgan fingerprint density at radius 2 is 0.664 bits per heavy atom. The number of hydrogen-bond donors (Lipinski definition) is 5. The number of morpholine rings is 2. The molecule has 11 heterocycles. The molecule has 7 aliphatic heterocycles. The molecule has 7 aliphatic rings. The van der Waals surface area contributed by atoms with Crippen LogP contribution in [0.15, 0.2) is 272 Å². The van der Waals surface area contributed by atoms with E-state index in [-0.39, 0.29) is 34.5 Å². The second-order valence-electron chi connectivity index (χ2n) is 35.8. The molecule has 12 aromatic carbocycles. The Labute approximate surface area is 867 Å². The molecular weight excluding hydrogens is 2010 g/mol. The van der Waals surface area contributed by atoms with E-state index in [0.717, 1.165) is 136 Å². The van der Waals surface area contributed by atoms with Crippen LogP contribution in [-0.2, 0) is 54.7 Å². The molecule has 748 valence electrons. The van der Waals surface area contributed by atoms with Gasteiger partial charge < -0.3 is 67.9 Å². The molecule has 5 N–H and O–H groups in total. The highest BCUT2D eigenvalue weighted by Gasteiger charge is 2.42. The first kappa shape index (κ1) is 99.6. The van der Waals surface area contributed by atoms with Crippen molar-refractivity contribution in [3.63, 3.8) is 0 Å². The minimum atomic E-state index is -3.66. The number of epoxide rings is 1. The SMILES string of the molecule is COc1ccc(OC(=O)N2CCc3c([nH]c4ccc(Cl)cc34)C2c2ccc(S(=O)(=O)N3CCOCC3)cc2)cc1.O=C(CN1CCOCC1)Nc1ccc(C2c3[nH]c4ccc(Cl)cc4c3CCN2C(=O)Oc2ccc(Cl)cc2)cc1.O=C(Oc1ccc(Cl)cc1)N1CCc2c([nH]c3ccc(Cl)cc23)C1c1ccc(OCC2CO2)cc1.O=C(Oc1ccc(F)cc1)N1CCc2c([nH]c3ccc(Cl)cc23)C1c1ccc(F)cc1. The number of methoxy groups -OCH3 is 1. The van der Waals surface area contributed by atoms with Gasteiger partial charge in [-0.2, -0.15) is 4.31 Å². The third-order valence-corrected chi connectivity index (χ3v) is 30.0. The van der Waals surface area contributed by atoms with Crippen LogP contribution in [0.3, 0.4) is 0 Å². The van der Waals surface area contributed by atoms with E-state index < -0.39 is 58.3 Å². The van der Waals surface area contributed by atoms with E-state index in [1.165, 1.54) is 40.7 Å². The van der Waals surface area contributed by atoms with E-state index in [1.807, 2.05) is 115 Å². The van der Waals surface area contributed by atoms with Gasteiger partial charge in [0.2, 0.25) is 15.9 Å². The number of nitrogens with zero attached hydrogens (tertiary/aromatic N) is 6. The maximum atomic E-state index is 13.6. The predicted molar refractivity (Wildman–Crippen MR) is 555 cm³/mol. The van der Waals surface area contributed by atoms with Crippen LogP contribution in [0.5, 0.6) is 34.5 Å². The molecule has 0 radical (unpaired) electrons. The summed E-state index contributed by atoms with van der Waals surface area (Å²) in [5, 5.41) is 10.9. The lowest BCUT2D eigenvalue weighted by molar-refractivity contribution is -0.118. The topological polar surface area (TPSA) is 300 Å². The van der Waals surface area contributed by atoms with Crippen molar-refractivity contribution in [2.75, 3.05) is 111 Å². The number of benzene rings is 12. The third-order valence-electron chi connectivity index (χ3n) is 26.6. The van der Waals surface area contributed by atoms with E-state index in [0.29, 0.717) is 163 Å². The van der Waals surface area contributed by atoms with Gasteiger partial charge in [-0.1, -0.05) is 118 Å². The highest BCUT2D eigenvalue weighted by atomic mass is 35.5. The molecule has 3 saturated heterocycles. The zero-order chi connectivity index (χ0) is 101. The first-order valence-corrected chi connectivity index (χ1v) is 51.1. The average molecular weight is 2110 g/mol. The molecule has 5 unspecified atom stereocenters. The highest BCUT2D eigenvalue weighted by molar-refractivity contribution is 7.89. The van der Waals surface area contributed by atoms with E-state index in [2.05, 4.69) is 30.2 Å². The van der Waals surface area contributed by atoms with Gasteiger partial charge in [0.1, 0.15) is 83.0 Å². The number of sulfonamides is 1. The number of halogens is 8. The van der Waals surface area contributed by atoms with Crippen LogP contribution in [0.2, 0.25) is 30.1 Å². The van der Waals surface area contributed by atoms with Crippen LogP contribution in [0.4, 0.5) is 33.6 Å². The van der Waals surface area contributed by atoms with Gasteiger partial charge in [0.15, 0.2) is 0 Å². The Bertz CT molecular complexity index is 7630. The molecule has 3 fully saturated rings. The lowest BCUT2D eigenvalue weighted by Gasteiger charge is -2.35. The maximum absolute atomic E-state index is 13.6. The number of rotatable bonds is 17. The predicted octanol–water partition coefficient (Wildman–Crippen LogP) is 23.5. The summed E-state index contributed by atoms with van der Waals surface area (Å²) in [6, 6.07) is 74.8. The molecule has 0 saturated carbocycles. The number of aromatic nitrogens is 4. The number of fused-ring (bicyclic) bond motifs is 12. The largest absolute Gasteiger partial charge is 0.497 e. The number of H-pyrrole nitrogens is 4. The van der Waals surface area contributed by atoms with Gasteiger partial charge in [0.25, 0.3) is 0 Å². The van der Waals surface area contributed by atoms with Gasteiger partial charge in [-0.3, -0.25) is 29.3 Å². The molecule has 5 amide bonds. The fourth-order valence-corrected chi connectivity index (χ4v) is 21.8. The first-order valence-electron chi connectivity index (χ1n) is 47.4. The van der Waals surface area contributed by atoms with E-state index in [4.69, 9.17) is 112 Å². The minimum absolute atomic E-state index is 0.0738. The summed E-state index contributed by atoms with van der Waals surface area (Å²) < 4.78 is 104. The van der Waals surface area contributed by atoms with Crippen molar-refractivity contribution in [1.29, 1.82) is 0 Å². The number of carbonyl (C=O) groups excluding carboxylic acids is 5. The lowest BCUT2D eigenvalue weighted by Crippen LogP contribution is -2.42. The molecule has 27 nitrogen and oxygen atoms in total. The van der Waals surface area contributed by atoms with Crippen LogP contribution >= 0.6 is 69.6 Å². The number of amides is 5. The molecule has 0 spiro atoms. The van der Waals surface area contributed by atoms with Crippen molar-refractivity contribution in [3.8, 4) is 34.5 Å². The van der Waals surface area contributed by atoms with Crippen LogP contribution in [0, 0.1) is 11.6 Å². The molecule has 36 heteroatoms. The molecule has 0 aliphatic carbocycles. The van der Waals surface area contributed by atoms with E-state index in [1.54, 1.807) is 142 Å². The Kier molecular flexibility index (Phi) is 30.0. The van der Waals surface area contributed by atoms with Crippen molar-refractivity contribution in [3.05, 3.63) is 376 Å². The maximum Gasteiger partial charge on any atom is 0.416 e. The van der Waals surface area contributed by atoms with E-state index in [9.17, 15) is 41.2 Å². The van der Waals surface area contributed by atoms with Crippen molar-refractivity contribution in [1.82, 2.24) is 48.7 Å². The second-order valence-corrected chi connectivity index (χ2v) is 40.3. The Balaban J connectivity index is 0.000000119. The first-order chi connectivity index (χ1) is 70.8. The lowest BCUT2D eigenvalue weighted by atomic mass is 9.92. The third kappa shape index (κ3) is 22.3. The number of carbonyl (C=O) groups is 5. The Morgan fingerprint density at radius 1 is 0.370 bits per heavy atom. The molecular formula is C110H95Cl6F2N11O16S. The summed E-state index contributed by atoms with van der Waals surface area (Å²) in [5.74, 6) is 2.08. The van der Waals surface area contributed by atoms with Crippen LogP contribution < -0.4 is 33.7 Å². The molecule has 5 atom stereocenters. The number of aromatic amines is 4. The van der Waals surface area contributed by atoms with Crippen molar-refractivity contribution < 1.29 is 83.8 Å². The van der Waals surface area contributed by atoms with Gasteiger partial charge >= 0.3 is 24.4 Å². The average Bonchev–Trinajstić information content (AvgIpc) is 1.59. The molecule has 0 bridgehead atoms. The zero-order valence-corrected chi connectivity index (χ0v) is 83.7. The van der Waals surface area contributed by atoms with Gasteiger partial charge in [0, 0.05) is 155 Å². The number of anilines is 1.